The lowest BCUT2D eigenvalue weighted by atomic mass is 9.92. The Hall–Kier alpha value is -2.21. The second kappa shape index (κ2) is 6.50. The van der Waals surface area contributed by atoms with Crippen LogP contribution in [0.25, 0.3) is 11.4 Å². The highest BCUT2D eigenvalue weighted by atomic mass is 16.2. The first-order valence-corrected chi connectivity index (χ1v) is 8.09. The number of hydrogen-bond acceptors (Lipinski definition) is 4. The molecule has 2 atom stereocenters. The van der Waals surface area contributed by atoms with Crippen LogP contribution in [0.4, 0.5) is 0 Å². The number of nitrogens with two attached hydrogens (primary N) is 1. The van der Waals surface area contributed by atoms with Gasteiger partial charge in [0.15, 0.2) is 5.82 Å². The lowest BCUT2D eigenvalue weighted by Crippen LogP contribution is -2.49. The molecule has 1 amide bonds. The Balaban J connectivity index is 1.77. The maximum Gasteiger partial charge on any atom is 0.254 e. The summed E-state index contributed by atoms with van der Waals surface area (Å²) in [6.45, 7) is 5.38. The van der Waals surface area contributed by atoms with Crippen LogP contribution >= 0.6 is 0 Å². The first kappa shape index (κ1) is 15.7. The fourth-order valence-electron chi connectivity index (χ4n) is 3.14. The Kier molecular flexibility index (Phi) is 4.43. The minimum Gasteiger partial charge on any atom is -0.334 e. The normalized spacial score (nSPS) is 21.4. The van der Waals surface area contributed by atoms with Crippen molar-refractivity contribution in [2.24, 2.45) is 11.7 Å². The fourth-order valence-corrected chi connectivity index (χ4v) is 3.14. The quantitative estimate of drug-likeness (QED) is 0.907. The van der Waals surface area contributed by atoms with E-state index in [1.807, 2.05) is 36.1 Å². The van der Waals surface area contributed by atoms with Crippen LogP contribution in [0.3, 0.4) is 0 Å². The first-order valence-electron chi connectivity index (χ1n) is 8.09. The van der Waals surface area contributed by atoms with E-state index in [-0.39, 0.29) is 11.9 Å². The zero-order valence-corrected chi connectivity index (χ0v) is 13.6. The number of aryl methyl sites for hydroxylation is 1. The minimum absolute atomic E-state index is 0.0602. The lowest BCUT2D eigenvalue weighted by Gasteiger charge is -2.38. The van der Waals surface area contributed by atoms with Crippen LogP contribution in [0.2, 0.25) is 0 Å². The smallest absolute Gasteiger partial charge is 0.254 e. The van der Waals surface area contributed by atoms with E-state index >= 15 is 0 Å². The van der Waals surface area contributed by atoms with Crippen molar-refractivity contribution in [3.63, 3.8) is 0 Å². The van der Waals surface area contributed by atoms with Gasteiger partial charge in [-0.1, -0.05) is 19.1 Å². The number of nitrogens with zero attached hydrogens (tertiary/aromatic N) is 3. The summed E-state index contributed by atoms with van der Waals surface area (Å²) in [6, 6.07) is 7.60. The molecule has 23 heavy (non-hydrogen) atoms. The second-order valence-corrected chi connectivity index (χ2v) is 6.34. The Bertz CT molecular complexity index is 679. The van der Waals surface area contributed by atoms with Crippen molar-refractivity contribution in [1.82, 2.24) is 20.1 Å². The monoisotopic (exact) mass is 313 g/mol. The van der Waals surface area contributed by atoms with E-state index in [9.17, 15) is 4.79 Å². The van der Waals surface area contributed by atoms with Gasteiger partial charge in [-0.3, -0.25) is 9.89 Å². The number of piperidine rings is 1. The Labute approximate surface area is 136 Å². The first-order chi connectivity index (χ1) is 11.1. The molecule has 6 heteroatoms. The van der Waals surface area contributed by atoms with E-state index in [0.717, 1.165) is 30.8 Å². The van der Waals surface area contributed by atoms with Gasteiger partial charge in [0, 0.05) is 30.3 Å². The molecule has 122 valence electrons. The molecule has 2 aromatic rings. The summed E-state index contributed by atoms with van der Waals surface area (Å²) in [5.41, 5.74) is 7.45. The number of likely N-dealkylation sites (tertiary alicyclic amines) is 1. The zero-order chi connectivity index (χ0) is 16.4. The van der Waals surface area contributed by atoms with Crippen LogP contribution in [0.5, 0.6) is 0 Å². The summed E-state index contributed by atoms with van der Waals surface area (Å²) in [4.78, 5) is 19.0. The highest BCUT2D eigenvalue weighted by Crippen LogP contribution is 2.24. The van der Waals surface area contributed by atoms with Crippen LogP contribution < -0.4 is 5.73 Å². The lowest BCUT2D eigenvalue weighted by molar-refractivity contribution is 0.0573. The molecule has 0 radical (unpaired) electrons. The van der Waals surface area contributed by atoms with Gasteiger partial charge in [-0.15, -0.1) is 0 Å². The van der Waals surface area contributed by atoms with Crippen molar-refractivity contribution >= 4 is 5.91 Å². The number of aromatic nitrogens is 3. The molecule has 2 heterocycles. The van der Waals surface area contributed by atoms with Crippen molar-refractivity contribution in [1.29, 1.82) is 0 Å². The van der Waals surface area contributed by atoms with Gasteiger partial charge in [-0.05, 0) is 37.8 Å². The van der Waals surface area contributed by atoms with Gasteiger partial charge in [0.2, 0.25) is 0 Å². The predicted molar refractivity (Wildman–Crippen MR) is 88.8 cm³/mol. The number of rotatable bonds is 3. The summed E-state index contributed by atoms with van der Waals surface area (Å²) in [5.74, 6) is 2.11. The molecule has 0 aliphatic carbocycles. The number of nitrogens with one attached hydrogen (secondary N) is 1. The van der Waals surface area contributed by atoms with Crippen molar-refractivity contribution < 1.29 is 4.79 Å². The van der Waals surface area contributed by atoms with E-state index in [1.165, 1.54) is 0 Å². The third kappa shape index (κ3) is 3.27. The predicted octanol–water partition coefficient (Wildman–Crippen LogP) is 1.98. The standard InChI is InChI=1S/C17H23N5O/c1-11-7-8-22(15(9-11)10-18)17(23)14-5-3-13(4-6-14)16-19-12(2)20-21-16/h3-6,11,15H,7-10,18H2,1-2H3,(H,19,20,21). The number of H-pyrrole nitrogens is 1. The van der Waals surface area contributed by atoms with Crippen LogP contribution in [0.15, 0.2) is 24.3 Å². The molecule has 1 aliphatic rings. The van der Waals surface area contributed by atoms with Crippen molar-refractivity contribution in [3.8, 4) is 11.4 Å². The second-order valence-electron chi connectivity index (χ2n) is 6.34. The van der Waals surface area contributed by atoms with Gasteiger partial charge < -0.3 is 10.6 Å². The van der Waals surface area contributed by atoms with E-state index in [4.69, 9.17) is 5.73 Å². The van der Waals surface area contributed by atoms with E-state index < -0.39 is 0 Å². The average Bonchev–Trinajstić information content (AvgIpc) is 3.00. The molecule has 6 nitrogen and oxygen atoms in total. The molecule has 1 aromatic carbocycles. The third-order valence-electron chi connectivity index (χ3n) is 4.50. The Morgan fingerprint density at radius 3 is 2.74 bits per heavy atom. The topological polar surface area (TPSA) is 87.9 Å². The number of carbonyl (C=O) groups is 1. The van der Waals surface area contributed by atoms with E-state index in [1.54, 1.807) is 0 Å². The summed E-state index contributed by atoms with van der Waals surface area (Å²) < 4.78 is 0. The van der Waals surface area contributed by atoms with Crippen LogP contribution in [-0.4, -0.2) is 45.1 Å². The largest absolute Gasteiger partial charge is 0.334 e. The van der Waals surface area contributed by atoms with E-state index in [2.05, 4.69) is 22.1 Å². The summed E-state index contributed by atoms with van der Waals surface area (Å²) >= 11 is 0. The summed E-state index contributed by atoms with van der Waals surface area (Å²) in [6.07, 6.45) is 2.02. The van der Waals surface area contributed by atoms with Gasteiger partial charge in [-0.2, -0.15) is 5.10 Å². The van der Waals surface area contributed by atoms with Crippen LogP contribution in [0, 0.1) is 12.8 Å². The Morgan fingerprint density at radius 1 is 1.39 bits per heavy atom. The van der Waals surface area contributed by atoms with Gasteiger partial charge in [0.05, 0.1) is 0 Å². The molecule has 1 saturated heterocycles. The maximum atomic E-state index is 12.8. The number of aromatic amines is 1. The maximum absolute atomic E-state index is 12.8. The van der Waals surface area contributed by atoms with E-state index in [0.29, 0.717) is 23.9 Å². The molecular formula is C17H23N5O. The molecule has 3 N–H and O–H groups in total. The molecule has 1 aliphatic heterocycles. The van der Waals surface area contributed by atoms with Crippen molar-refractivity contribution in [2.75, 3.05) is 13.1 Å². The highest BCUT2D eigenvalue weighted by Gasteiger charge is 2.29. The van der Waals surface area contributed by atoms with Crippen LogP contribution in [-0.2, 0) is 0 Å². The average molecular weight is 313 g/mol. The molecule has 0 bridgehead atoms. The molecule has 1 aromatic heterocycles. The number of carbonyl (C=O) groups excluding carboxylic acids is 1. The number of benzene rings is 1. The SMILES string of the molecule is Cc1nc(-c2ccc(C(=O)N3CCC(C)CC3CN)cc2)n[nH]1. The molecule has 2 unspecified atom stereocenters. The van der Waals surface area contributed by atoms with Gasteiger partial charge in [0.25, 0.3) is 5.91 Å². The fraction of sp³-hybridized carbons (Fsp3) is 0.471. The molecule has 1 fully saturated rings. The molecular weight excluding hydrogens is 290 g/mol. The van der Waals surface area contributed by atoms with Gasteiger partial charge >= 0.3 is 0 Å². The number of amides is 1. The van der Waals surface area contributed by atoms with Gasteiger partial charge in [0.1, 0.15) is 5.82 Å². The van der Waals surface area contributed by atoms with Crippen molar-refractivity contribution in [3.05, 3.63) is 35.7 Å². The zero-order valence-electron chi connectivity index (χ0n) is 13.6. The molecule has 0 saturated carbocycles. The molecule has 0 spiro atoms. The third-order valence-corrected chi connectivity index (χ3v) is 4.50. The van der Waals surface area contributed by atoms with Gasteiger partial charge in [-0.25, -0.2) is 4.98 Å². The number of hydrogen-bond donors (Lipinski definition) is 2. The summed E-state index contributed by atoms with van der Waals surface area (Å²) in [7, 11) is 0. The highest BCUT2D eigenvalue weighted by molar-refractivity contribution is 5.95. The van der Waals surface area contributed by atoms with Crippen LogP contribution in [0.1, 0.15) is 35.9 Å². The minimum atomic E-state index is 0.0602. The molecule has 3 rings (SSSR count). The Morgan fingerprint density at radius 2 is 2.13 bits per heavy atom. The summed E-state index contributed by atoms with van der Waals surface area (Å²) in [5, 5.41) is 6.96. The van der Waals surface area contributed by atoms with Crippen molar-refractivity contribution in [2.45, 2.75) is 32.7 Å².